The number of ether oxygens (including phenoxy) is 1. The first-order valence-electron chi connectivity index (χ1n) is 13.2. The number of hydrogen-bond acceptors (Lipinski definition) is 9. The average molecular weight is 642 g/mol. The van der Waals surface area contributed by atoms with Crippen LogP contribution in [-0.4, -0.2) is 34.8 Å². The maximum absolute atomic E-state index is 15.2. The first kappa shape index (κ1) is 30.5. The Hall–Kier alpha value is -3.97. The van der Waals surface area contributed by atoms with Gasteiger partial charge in [-0.05, 0) is 47.9 Å². The Kier molecular flexibility index (Phi) is 9.61. The third-order valence-corrected chi connectivity index (χ3v) is 8.65. The molecule has 0 amide bonds. The molecule has 0 aliphatic heterocycles. The van der Waals surface area contributed by atoms with Crippen molar-refractivity contribution in [2.45, 2.75) is 27.0 Å². The summed E-state index contributed by atoms with van der Waals surface area (Å²) in [5, 5.41) is 9.66. The van der Waals surface area contributed by atoms with E-state index in [2.05, 4.69) is 25.6 Å². The largest absolute Gasteiger partial charge is 0.487 e. The standard InChI is InChI=1S/C30H26ClF2N5O3S2/c1-17(2)28(43(39)40)12-34-13-29-38-26(15-42-29)21-10-22-25(11-24(21)33)35-16-36-30(22)37-20-6-7-27(23(31)9-20)41-14-18-4-3-5-19(32)8-18/h3-11,15-17,34H,12-14H2,1-2H3,(H,35,36,37). The van der Waals surface area contributed by atoms with Gasteiger partial charge in [0.05, 0.1) is 21.1 Å². The van der Waals surface area contributed by atoms with Gasteiger partial charge >= 0.3 is 0 Å². The van der Waals surface area contributed by atoms with Crippen LogP contribution in [0.4, 0.5) is 20.3 Å². The van der Waals surface area contributed by atoms with Crippen LogP contribution >= 0.6 is 22.9 Å². The molecule has 8 nitrogen and oxygen atoms in total. The van der Waals surface area contributed by atoms with E-state index in [9.17, 15) is 12.8 Å². The molecular formula is C30H26ClF2N5O3S2. The van der Waals surface area contributed by atoms with E-state index < -0.39 is 16.1 Å². The van der Waals surface area contributed by atoms with Crippen molar-refractivity contribution >= 4 is 60.5 Å². The molecule has 0 spiro atoms. The minimum absolute atomic E-state index is 0.108. The fraction of sp³-hybridized carbons (Fsp3) is 0.200. The molecule has 2 aromatic heterocycles. The quantitative estimate of drug-likeness (QED) is 0.152. The van der Waals surface area contributed by atoms with Crippen LogP contribution < -0.4 is 15.4 Å². The molecule has 0 aliphatic carbocycles. The first-order chi connectivity index (χ1) is 20.7. The number of halogens is 3. The maximum Gasteiger partial charge on any atom is 0.214 e. The van der Waals surface area contributed by atoms with Gasteiger partial charge in [-0.1, -0.05) is 37.6 Å². The number of fused-ring (bicyclic) bond motifs is 1. The fourth-order valence-electron chi connectivity index (χ4n) is 4.26. The Morgan fingerprint density at radius 2 is 1.93 bits per heavy atom. The monoisotopic (exact) mass is 641 g/mol. The van der Waals surface area contributed by atoms with Gasteiger partial charge in [0.15, 0.2) is 0 Å². The molecule has 0 bridgehead atoms. The molecule has 5 rings (SSSR count). The molecule has 13 heteroatoms. The number of nitrogens with one attached hydrogen (secondary N) is 2. The zero-order valence-electron chi connectivity index (χ0n) is 23.1. The summed E-state index contributed by atoms with van der Waals surface area (Å²) in [5.74, 6) is -0.0625. The number of thiazole rings is 1. The SMILES string of the molecule is CC(C)C(CNCc1nc(-c2cc3c(Nc4ccc(OCc5cccc(F)c5)c(Cl)c4)ncnc3cc2F)cs1)=S(=O)=O. The van der Waals surface area contributed by atoms with Crippen molar-refractivity contribution in [3.05, 3.63) is 93.5 Å². The molecule has 0 atom stereocenters. The second-order valence-corrected chi connectivity index (χ2v) is 12.2. The van der Waals surface area contributed by atoms with Crippen LogP contribution in [0.2, 0.25) is 5.02 Å². The van der Waals surface area contributed by atoms with E-state index in [-0.39, 0.29) is 30.5 Å². The van der Waals surface area contributed by atoms with Crippen LogP contribution in [0, 0.1) is 17.6 Å². The summed E-state index contributed by atoms with van der Waals surface area (Å²) in [6.45, 7) is 4.34. The van der Waals surface area contributed by atoms with Crippen LogP contribution in [-0.2, 0) is 23.4 Å². The van der Waals surface area contributed by atoms with Crippen LogP contribution in [0.25, 0.3) is 22.2 Å². The minimum atomic E-state index is -2.27. The van der Waals surface area contributed by atoms with E-state index in [1.54, 1.807) is 41.8 Å². The molecule has 5 aromatic rings. The molecule has 0 aliphatic rings. The summed E-state index contributed by atoms with van der Waals surface area (Å²) in [6, 6.07) is 14.2. The van der Waals surface area contributed by atoms with Gasteiger partial charge in [0.2, 0.25) is 10.3 Å². The highest BCUT2D eigenvalue weighted by atomic mass is 35.5. The van der Waals surface area contributed by atoms with Crippen molar-refractivity contribution < 1.29 is 21.9 Å². The first-order valence-corrected chi connectivity index (χ1v) is 15.5. The molecule has 3 aromatic carbocycles. The van der Waals surface area contributed by atoms with Crippen LogP contribution in [0.3, 0.4) is 0 Å². The molecule has 0 unspecified atom stereocenters. The molecule has 0 saturated heterocycles. The van der Waals surface area contributed by atoms with Crippen molar-refractivity contribution in [2.24, 2.45) is 5.92 Å². The zero-order chi connectivity index (χ0) is 30.5. The molecule has 0 radical (unpaired) electrons. The zero-order valence-corrected chi connectivity index (χ0v) is 25.5. The topological polar surface area (TPSA) is 106 Å². The summed E-state index contributed by atoms with van der Waals surface area (Å²) in [5.41, 5.74) is 2.42. The molecule has 0 fully saturated rings. The minimum Gasteiger partial charge on any atom is -0.487 e. The van der Waals surface area contributed by atoms with Gasteiger partial charge in [-0.3, -0.25) is 0 Å². The highest BCUT2D eigenvalue weighted by Crippen LogP contribution is 2.34. The van der Waals surface area contributed by atoms with Crippen molar-refractivity contribution in [3.63, 3.8) is 0 Å². The average Bonchev–Trinajstić information content (AvgIpc) is 3.43. The van der Waals surface area contributed by atoms with E-state index in [1.165, 1.54) is 35.9 Å². The third kappa shape index (κ3) is 7.52. The lowest BCUT2D eigenvalue weighted by Gasteiger charge is -2.12. The van der Waals surface area contributed by atoms with E-state index in [0.717, 1.165) is 0 Å². The number of aromatic nitrogens is 3. The fourth-order valence-corrected chi connectivity index (χ4v) is 5.86. The normalized spacial score (nSPS) is 11.2. The lowest BCUT2D eigenvalue weighted by molar-refractivity contribution is 0.306. The van der Waals surface area contributed by atoms with Gasteiger partial charge in [0.1, 0.15) is 41.1 Å². The van der Waals surface area contributed by atoms with Crippen molar-refractivity contribution in [3.8, 4) is 17.0 Å². The summed E-state index contributed by atoms with van der Waals surface area (Å²) >= 11 is 7.80. The van der Waals surface area contributed by atoms with Crippen LogP contribution in [0.5, 0.6) is 5.75 Å². The molecule has 222 valence electrons. The van der Waals surface area contributed by atoms with Crippen LogP contribution in [0.15, 0.2) is 66.3 Å². The number of rotatable bonds is 11. The van der Waals surface area contributed by atoms with E-state index >= 15 is 4.39 Å². The second-order valence-electron chi connectivity index (χ2n) is 9.85. The Morgan fingerprint density at radius 1 is 1.09 bits per heavy atom. The predicted molar refractivity (Wildman–Crippen MR) is 167 cm³/mol. The van der Waals surface area contributed by atoms with Gasteiger partial charge in [-0.25, -0.2) is 23.7 Å². The summed E-state index contributed by atoms with van der Waals surface area (Å²) in [7, 11) is -2.27. The van der Waals surface area contributed by atoms with E-state index in [4.69, 9.17) is 16.3 Å². The van der Waals surface area contributed by atoms with E-state index in [0.29, 0.717) is 60.9 Å². The molecule has 43 heavy (non-hydrogen) atoms. The van der Waals surface area contributed by atoms with Gasteiger partial charge in [0.25, 0.3) is 0 Å². The Labute approximate surface area is 257 Å². The number of anilines is 2. The van der Waals surface area contributed by atoms with Crippen molar-refractivity contribution in [1.29, 1.82) is 0 Å². The predicted octanol–water partition coefficient (Wildman–Crippen LogP) is 6.80. The van der Waals surface area contributed by atoms with Gasteiger partial charge in [-0.15, -0.1) is 11.3 Å². The maximum atomic E-state index is 15.2. The van der Waals surface area contributed by atoms with Gasteiger partial charge in [-0.2, -0.15) is 8.42 Å². The molecular weight excluding hydrogens is 616 g/mol. The summed E-state index contributed by atoms with van der Waals surface area (Å²) in [4.78, 5) is 13.5. The van der Waals surface area contributed by atoms with Gasteiger partial charge in [0, 0.05) is 41.2 Å². The molecule has 0 saturated carbocycles. The highest BCUT2D eigenvalue weighted by molar-refractivity contribution is 7.73. The Balaban J connectivity index is 1.33. The second kappa shape index (κ2) is 13.6. The number of hydrogen-bond donors (Lipinski definition) is 2. The van der Waals surface area contributed by atoms with E-state index in [1.807, 2.05) is 13.8 Å². The number of nitrogens with zero attached hydrogens (tertiary/aromatic N) is 3. The van der Waals surface area contributed by atoms with Crippen LogP contribution in [0.1, 0.15) is 24.4 Å². The lowest BCUT2D eigenvalue weighted by Crippen LogP contribution is -2.26. The molecule has 2 heterocycles. The summed E-state index contributed by atoms with van der Waals surface area (Å²) in [6.07, 6.45) is 1.34. The Bertz CT molecular complexity index is 1920. The molecule has 2 N–H and O–H groups in total. The smallest absolute Gasteiger partial charge is 0.214 e. The van der Waals surface area contributed by atoms with Crippen molar-refractivity contribution in [2.75, 3.05) is 11.9 Å². The van der Waals surface area contributed by atoms with Crippen molar-refractivity contribution in [1.82, 2.24) is 20.3 Å². The third-order valence-electron chi connectivity index (χ3n) is 6.46. The van der Waals surface area contributed by atoms with Gasteiger partial charge < -0.3 is 15.4 Å². The lowest BCUT2D eigenvalue weighted by atomic mass is 10.1. The Morgan fingerprint density at radius 3 is 2.67 bits per heavy atom. The number of benzene rings is 3. The summed E-state index contributed by atoms with van der Waals surface area (Å²) < 4.78 is 57.2. The highest BCUT2D eigenvalue weighted by Gasteiger charge is 2.15.